The molecule has 0 aliphatic carbocycles. The summed E-state index contributed by atoms with van der Waals surface area (Å²) in [6, 6.07) is 11.0. The second-order valence-corrected chi connectivity index (χ2v) is 8.40. The van der Waals surface area contributed by atoms with Crippen molar-refractivity contribution in [1.29, 1.82) is 0 Å². The first-order valence-corrected chi connectivity index (χ1v) is 10.1. The van der Waals surface area contributed by atoms with Crippen LogP contribution in [0.5, 0.6) is 5.75 Å². The lowest BCUT2D eigenvalue weighted by Gasteiger charge is -2.28. The normalized spacial score (nSPS) is 11.7. The molecule has 0 aliphatic heterocycles. The molecule has 0 bridgehead atoms. The highest BCUT2D eigenvalue weighted by Gasteiger charge is 2.21. The third kappa shape index (κ3) is 5.53. The van der Waals surface area contributed by atoms with Crippen LogP contribution in [0.2, 0.25) is 0 Å². The molecule has 0 fully saturated rings. The van der Waals surface area contributed by atoms with Crippen molar-refractivity contribution in [2.45, 2.75) is 45.2 Å². The summed E-state index contributed by atoms with van der Waals surface area (Å²) in [7, 11) is -4.07. The minimum atomic E-state index is -4.07. The van der Waals surface area contributed by atoms with Crippen molar-refractivity contribution in [3.05, 3.63) is 59.9 Å². The van der Waals surface area contributed by atoms with Crippen LogP contribution in [-0.4, -0.2) is 25.3 Å². The lowest BCUT2D eigenvalue weighted by atomic mass is 10.1. The van der Waals surface area contributed by atoms with E-state index in [-0.39, 0.29) is 28.5 Å². The Hall–Kier alpha value is -2.41. The van der Waals surface area contributed by atoms with Crippen molar-refractivity contribution in [3.8, 4) is 5.75 Å². The van der Waals surface area contributed by atoms with Gasteiger partial charge in [0, 0.05) is 18.5 Å². The largest absolute Gasteiger partial charge is 0.379 e. The maximum absolute atomic E-state index is 13.0. The third-order valence-electron chi connectivity index (χ3n) is 3.96. The van der Waals surface area contributed by atoms with Crippen molar-refractivity contribution < 1.29 is 21.8 Å². The summed E-state index contributed by atoms with van der Waals surface area (Å²) in [5.74, 6) is -0.502. The van der Waals surface area contributed by atoms with E-state index in [0.29, 0.717) is 6.54 Å². The van der Waals surface area contributed by atoms with Crippen molar-refractivity contribution in [2.75, 3.05) is 0 Å². The second kappa shape index (κ2) is 8.52. The fourth-order valence-corrected chi connectivity index (χ4v) is 3.44. The maximum atomic E-state index is 13.0. The molecule has 7 heteroatoms. The quantitative estimate of drug-likeness (QED) is 0.668. The molecule has 146 valence electrons. The predicted octanol–water partition coefficient (Wildman–Crippen LogP) is 3.99. The smallest absolute Gasteiger partial charge is 0.339 e. The number of nitrogens with zero attached hydrogens (tertiary/aromatic N) is 1. The summed E-state index contributed by atoms with van der Waals surface area (Å²) in [5.41, 5.74) is 0.754. The van der Waals surface area contributed by atoms with Gasteiger partial charge in [-0.3, -0.25) is 4.79 Å². The highest BCUT2D eigenvalue weighted by molar-refractivity contribution is 7.87. The molecule has 0 spiro atoms. The summed E-state index contributed by atoms with van der Waals surface area (Å²) >= 11 is 0. The lowest BCUT2D eigenvalue weighted by molar-refractivity contribution is -0.136. The molecule has 0 atom stereocenters. The lowest BCUT2D eigenvalue weighted by Crippen LogP contribution is -2.38. The van der Waals surface area contributed by atoms with Crippen molar-refractivity contribution in [1.82, 2.24) is 4.90 Å². The minimum Gasteiger partial charge on any atom is -0.379 e. The Morgan fingerprint density at radius 1 is 1.07 bits per heavy atom. The van der Waals surface area contributed by atoms with E-state index >= 15 is 0 Å². The van der Waals surface area contributed by atoms with Crippen LogP contribution in [0.4, 0.5) is 4.39 Å². The van der Waals surface area contributed by atoms with Gasteiger partial charge in [0.25, 0.3) is 0 Å². The zero-order chi connectivity index (χ0) is 20.2. The predicted molar refractivity (Wildman–Crippen MR) is 101 cm³/mol. The fourth-order valence-electron chi connectivity index (χ4n) is 2.52. The van der Waals surface area contributed by atoms with E-state index in [1.54, 1.807) is 23.1 Å². The first kappa shape index (κ1) is 20.9. The number of carbonyl (C=O) groups is 1. The molecule has 0 saturated carbocycles. The molecule has 2 aromatic rings. The van der Waals surface area contributed by atoms with Crippen molar-refractivity contribution in [3.63, 3.8) is 0 Å². The van der Waals surface area contributed by atoms with Crippen LogP contribution in [0.1, 0.15) is 33.3 Å². The zero-order valence-electron chi connectivity index (χ0n) is 15.8. The minimum absolute atomic E-state index is 0.00687. The molecule has 27 heavy (non-hydrogen) atoms. The molecule has 0 unspecified atom stereocenters. The van der Waals surface area contributed by atoms with Gasteiger partial charge in [0.05, 0.1) is 0 Å². The van der Waals surface area contributed by atoms with Gasteiger partial charge in [-0.25, -0.2) is 4.39 Å². The molecule has 0 saturated heterocycles. The molecule has 0 radical (unpaired) electrons. The van der Waals surface area contributed by atoms with Gasteiger partial charge in [-0.15, -0.1) is 0 Å². The van der Waals surface area contributed by atoms with Gasteiger partial charge in [0.2, 0.25) is 5.91 Å². The van der Waals surface area contributed by atoms with Crippen LogP contribution >= 0.6 is 0 Å². The van der Waals surface area contributed by atoms with Gasteiger partial charge in [-0.05, 0) is 55.8 Å². The van der Waals surface area contributed by atoms with E-state index in [2.05, 4.69) is 0 Å². The third-order valence-corrected chi connectivity index (χ3v) is 5.22. The van der Waals surface area contributed by atoms with Crippen LogP contribution in [0.3, 0.4) is 0 Å². The Morgan fingerprint density at radius 2 is 1.70 bits per heavy atom. The highest BCUT2D eigenvalue weighted by Crippen LogP contribution is 2.22. The second-order valence-electron chi connectivity index (χ2n) is 6.85. The first-order chi connectivity index (χ1) is 12.6. The van der Waals surface area contributed by atoms with Crippen LogP contribution in [0.15, 0.2) is 53.4 Å². The van der Waals surface area contributed by atoms with Crippen LogP contribution in [0.25, 0.3) is 0 Å². The fraction of sp³-hybridized carbons (Fsp3) is 0.350. The summed E-state index contributed by atoms with van der Waals surface area (Å²) < 4.78 is 42.8. The van der Waals surface area contributed by atoms with Gasteiger partial charge in [-0.1, -0.05) is 26.0 Å². The number of hydrogen-bond donors (Lipinski definition) is 0. The molecule has 0 aliphatic rings. The van der Waals surface area contributed by atoms with Crippen LogP contribution in [-0.2, 0) is 21.5 Å². The van der Waals surface area contributed by atoms with Gasteiger partial charge in [0.15, 0.2) is 0 Å². The SMILES string of the molecule is CC(C)C(=O)N(Cc1cccc(OS(=O)(=O)c2ccc(F)cc2)c1)C(C)C. The number of amides is 1. The summed E-state index contributed by atoms with van der Waals surface area (Å²) in [5, 5.41) is 0. The Balaban J connectivity index is 2.21. The Kier molecular flexibility index (Phi) is 6.59. The molecule has 2 rings (SSSR count). The average molecular weight is 393 g/mol. The summed E-state index contributed by atoms with van der Waals surface area (Å²) in [6.45, 7) is 7.89. The molecule has 0 heterocycles. The number of halogens is 1. The van der Waals surface area contributed by atoms with E-state index in [1.165, 1.54) is 6.07 Å². The monoisotopic (exact) mass is 393 g/mol. The van der Waals surface area contributed by atoms with Gasteiger partial charge in [0.1, 0.15) is 16.5 Å². The number of benzene rings is 2. The molecule has 2 aromatic carbocycles. The summed E-state index contributed by atoms with van der Waals surface area (Å²) in [4.78, 5) is 14.0. The van der Waals surface area contributed by atoms with Gasteiger partial charge in [-0.2, -0.15) is 8.42 Å². The van der Waals surface area contributed by atoms with E-state index in [0.717, 1.165) is 29.8 Å². The number of rotatable bonds is 7. The Morgan fingerprint density at radius 3 is 2.26 bits per heavy atom. The number of hydrogen-bond acceptors (Lipinski definition) is 4. The van der Waals surface area contributed by atoms with Crippen LogP contribution in [0, 0.1) is 11.7 Å². The molecular formula is C20H24FNO4S. The standard InChI is InChI=1S/C20H24FNO4S/c1-14(2)20(23)22(15(3)4)13-16-6-5-7-18(12-16)26-27(24,25)19-10-8-17(21)9-11-19/h5-12,14-15H,13H2,1-4H3. The molecule has 5 nitrogen and oxygen atoms in total. The van der Waals surface area contributed by atoms with E-state index in [4.69, 9.17) is 4.18 Å². The van der Waals surface area contributed by atoms with E-state index in [1.807, 2.05) is 27.7 Å². The van der Waals surface area contributed by atoms with Crippen molar-refractivity contribution >= 4 is 16.0 Å². The van der Waals surface area contributed by atoms with Gasteiger partial charge >= 0.3 is 10.1 Å². The van der Waals surface area contributed by atoms with Gasteiger partial charge < -0.3 is 9.08 Å². The molecule has 0 N–H and O–H groups in total. The van der Waals surface area contributed by atoms with E-state index < -0.39 is 15.9 Å². The Labute approximate surface area is 159 Å². The molecule has 0 aromatic heterocycles. The summed E-state index contributed by atoms with van der Waals surface area (Å²) in [6.07, 6.45) is 0. The topological polar surface area (TPSA) is 63.7 Å². The Bertz CT molecular complexity index is 892. The highest BCUT2D eigenvalue weighted by atomic mass is 32.2. The molecule has 1 amide bonds. The first-order valence-electron chi connectivity index (χ1n) is 8.69. The zero-order valence-corrected chi connectivity index (χ0v) is 16.7. The maximum Gasteiger partial charge on any atom is 0.339 e. The number of carbonyl (C=O) groups excluding carboxylic acids is 1. The average Bonchev–Trinajstić information content (AvgIpc) is 2.59. The molecular weight excluding hydrogens is 369 g/mol. The van der Waals surface area contributed by atoms with E-state index in [9.17, 15) is 17.6 Å². The van der Waals surface area contributed by atoms with Crippen molar-refractivity contribution in [2.24, 2.45) is 5.92 Å². The van der Waals surface area contributed by atoms with Crippen LogP contribution < -0.4 is 4.18 Å².